The van der Waals surface area contributed by atoms with E-state index in [9.17, 15) is 9.18 Å². The zero-order chi connectivity index (χ0) is 15.2. The molecule has 5 heteroatoms. The maximum Gasteiger partial charge on any atom is 0.265 e. The molecule has 1 atom stereocenters. The normalized spacial score (nSPS) is 11.8. The van der Waals surface area contributed by atoms with Crippen molar-refractivity contribution in [3.8, 4) is 5.75 Å². The van der Waals surface area contributed by atoms with E-state index in [-0.39, 0.29) is 11.7 Å². The van der Waals surface area contributed by atoms with Gasteiger partial charge in [-0.15, -0.1) is 0 Å². The molecule has 1 N–H and O–H groups in total. The third kappa shape index (κ3) is 4.42. The molecule has 0 aliphatic heterocycles. The molecule has 0 aliphatic carbocycles. The molecular formula is C16H15FINO2. The molecule has 2 aromatic carbocycles. The third-order valence-electron chi connectivity index (χ3n) is 2.88. The van der Waals surface area contributed by atoms with Crippen LogP contribution in [-0.2, 0) is 4.79 Å². The summed E-state index contributed by atoms with van der Waals surface area (Å²) in [5, 5.41) is 2.77. The Kier molecular flexibility index (Phi) is 5.55. The maximum absolute atomic E-state index is 13.6. The number of halogens is 2. The van der Waals surface area contributed by atoms with Crippen molar-refractivity contribution < 1.29 is 13.9 Å². The van der Waals surface area contributed by atoms with Crippen LogP contribution in [0.3, 0.4) is 0 Å². The summed E-state index contributed by atoms with van der Waals surface area (Å²) < 4.78 is 20.1. The molecule has 21 heavy (non-hydrogen) atoms. The Morgan fingerprint density at radius 3 is 2.52 bits per heavy atom. The van der Waals surface area contributed by atoms with E-state index >= 15 is 0 Å². The van der Waals surface area contributed by atoms with Crippen LogP contribution in [0, 0.1) is 9.39 Å². The Balaban J connectivity index is 2.05. The van der Waals surface area contributed by atoms with Crippen molar-refractivity contribution in [1.82, 2.24) is 0 Å². The highest BCUT2D eigenvalue weighted by molar-refractivity contribution is 14.1. The summed E-state index contributed by atoms with van der Waals surface area (Å²) in [6.45, 7) is 1.82. The third-order valence-corrected chi connectivity index (χ3v) is 3.60. The number of hydrogen-bond donors (Lipinski definition) is 1. The Morgan fingerprint density at radius 1 is 1.24 bits per heavy atom. The van der Waals surface area contributed by atoms with Crippen LogP contribution in [-0.4, -0.2) is 12.0 Å². The van der Waals surface area contributed by atoms with Gasteiger partial charge in [-0.25, -0.2) is 4.39 Å². The standard InChI is InChI=1S/C16H15FINO2/c1-2-14(21-15-6-4-3-5-13(15)17)16(20)19-12-9-7-11(18)8-10-12/h3-10,14H,2H2,1H3,(H,19,20)/t14-/m1/s1. The van der Waals surface area contributed by atoms with Gasteiger partial charge in [0.25, 0.3) is 5.91 Å². The second-order valence-corrected chi connectivity index (χ2v) is 5.69. The molecular weight excluding hydrogens is 384 g/mol. The molecule has 3 nitrogen and oxygen atoms in total. The van der Waals surface area contributed by atoms with Crippen LogP contribution in [0.1, 0.15) is 13.3 Å². The van der Waals surface area contributed by atoms with Gasteiger partial charge in [0.15, 0.2) is 17.7 Å². The largest absolute Gasteiger partial charge is 0.478 e. The number of nitrogens with one attached hydrogen (secondary N) is 1. The molecule has 2 rings (SSSR count). The summed E-state index contributed by atoms with van der Waals surface area (Å²) in [4.78, 5) is 12.2. The number of rotatable bonds is 5. The van der Waals surface area contributed by atoms with E-state index in [0.717, 1.165) is 3.57 Å². The van der Waals surface area contributed by atoms with Crippen molar-refractivity contribution in [2.24, 2.45) is 0 Å². The molecule has 0 aromatic heterocycles. The van der Waals surface area contributed by atoms with E-state index in [1.165, 1.54) is 12.1 Å². The number of para-hydroxylation sites is 1. The van der Waals surface area contributed by atoms with Crippen LogP contribution >= 0.6 is 22.6 Å². The first-order valence-corrected chi connectivity index (χ1v) is 7.65. The van der Waals surface area contributed by atoms with Crippen LogP contribution in [0.15, 0.2) is 48.5 Å². The highest BCUT2D eigenvalue weighted by atomic mass is 127. The van der Waals surface area contributed by atoms with E-state index in [1.54, 1.807) is 12.1 Å². The van der Waals surface area contributed by atoms with Crippen LogP contribution < -0.4 is 10.1 Å². The van der Waals surface area contributed by atoms with Gasteiger partial charge in [-0.3, -0.25) is 4.79 Å². The minimum Gasteiger partial charge on any atom is -0.478 e. The Bertz CT molecular complexity index is 616. The molecule has 0 heterocycles. The van der Waals surface area contributed by atoms with E-state index in [0.29, 0.717) is 12.1 Å². The number of ether oxygens (including phenoxy) is 1. The van der Waals surface area contributed by atoms with Gasteiger partial charge in [-0.2, -0.15) is 0 Å². The number of benzene rings is 2. The number of hydrogen-bond acceptors (Lipinski definition) is 2. The fraction of sp³-hybridized carbons (Fsp3) is 0.188. The minimum atomic E-state index is -0.735. The summed E-state index contributed by atoms with van der Waals surface area (Å²) in [6, 6.07) is 13.5. The van der Waals surface area contributed by atoms with Gasteiger partial charge in [0.05, 0.1) is 0 Å². The van der Waals surface area contributed by atoms with Gasteiger partial charge in [-0.1, -0.05) is 19.1 Å². The summed E-state index contributed by atoms with van der Waals surface area (Å²) in [6.07, 6.45) is -0.286. The van der Waals surface area contributed by atoms with Gasteiger partial charge in [-0.05, 0) is 65.4 Å². The number of amides is 1. The molecule has 0 fully saturated rings. The minimum absolute atomic E-state index is 0.0853. The topological polar surface area (TPSA) is 38.3 Å². The molecule has 0 radical (unpaired) electrons. The van der Waals surface area contributed by atoms with E-state index in [2.05, 4.69) is 27.9 Å². The molecule has 110 valence electrons. The zero-order valence-corrected chi connectivity index (χ0v) is 13.6. The molecule has 0 saturated carbocycles. The smallest absolute Gasteiger partial charge is 0.265 e. The van der Waals surface area contributed by atoms with Gasteiger partial charge < -0.3 is 10.1 Å². The predicted octanol–water partition coefficient (Wildman–Crippen LogP) is 4.23. The predicted molar refractivity (Wildman–Crippen MR) is 88.9 cm³/mol. The van der Waals surface area contributed by atoms with Crippen LogP contribution in [0.5, 0.6) is 5.75 Å². The second-order valence-electron chi connectivity index (χ2n) is 4.44. The number of anilines is 1. The summed E-state index contributed by atoms with van der Waals surface area (Å²) in [7, 11) is 0. The lowest BCUT2D eigenvalue weighted by Gasteiger charge is -2.17. The lowest BCUT2D eigenvalue weighted by atomic mass is 10.2. The van der Waals surface area contributed by atoms with Crippen LogP contribution in [0.4, 0.5) is 10.1 Å². The van der Waals surface area contributed by atoms with Crippen molar-refractivity contribution in [1.29, 1.82) is 0 Å². The molecule has 1 amide bonds. The summed E-state index contributed by atoms with van der Waals surface area (Å²) >= 11 is 2.19. The van der Waals surface area contributed by atoms with Crippen molar-refractivity contribution in [3.05, 3.63) is 57.9 Å². The Labute approximate surface area is 136 Å². The number of carbonyl (C=O) groups excluding carboxylic acids is 1. The Morgan fingerprint density at radius 2 is 1.90 bits per heavy atom. The summed E-state index contributed by atoms with van der Waals surface area (Å²) in [5.41, 5.74) is 0.691. The first-order valence-electron chi connectivity index (χ1n) is 6.57. The zero-order valence-electron chi connectivity index (χ0n) is 11.5. The fourth-order valence-corrected chi connectivity index (χ4v) is 2.13. The van der Waals surface area contributed by atoms with Crippen molar-refractivity contribution in [3.63, 3.8) is 0 Å². The van der Waals surface area contributed by atoms with Crippen molar-refractivity contribution >= 4 is 34.2 Å². The van der Waals surface area contributed by atoms with Gasteiger partial charge >= 0.3 is 0 Å². The second kappa shape index (κ2) is 7.40. The monoisotopic (exact) mass is 399 g/mol. The molecule has 0 unspecified atom stereocenters. The Hall–Kier alpha value is -1.63. The van der Waals surface area contributed by atoms with Gasteiger partial charge in [0.1, 0.15) is 0 Å². The SMILES string of the molecule is CC[C@@H](Oc1ccccc1F)C(=O)Nc1ccc(I)cc1. The van der Waals surface area contributed by atoms with Crippen molar-refractivity contribution in [2.45, 2.75) is 19.4 Å². The highest BCUT2D eigenvalue weighted by Gasteiger charge is 2.19. The molecule has 0 bridgehead atoms. The van der Waals surface area contributed by atoms with E-state index in [1.807, 2.05) is 31.2 Å². The van der Waals surface area contributed by atoms with Crippen LogP contribution in [0.2, 0.25) is 0 Å². The summed E-state index contributed by atoms with van der Waals surface area (Å²) in [5.74, 6) is -0.679. The van der Waals surface area contributed by atoms with E-state index < -0.39 is 11.9 Å². The molecule has 0 spiro atoms. The van der Waals surface area contributed by atoms with Gasteiger partial charge in [0, 0.05) is 9.26 Å². The maximum atomic E-state index is 13.6. The van der Waals surface area contributed by atoms with Crippen LogP contribution in [0.25, 0.3) is 0 Å². The van der Waals surface area contributed by atoms with Crippen molar-refractivity contribution in [2.75, 3.05) is 5.32 Å². The molecule has 0 saturated heterocycles. The lowest BCUT2D eigenvalue weighted by Crippen LogP contribution is -2.32. The lowest BCUT2D eigenvalue weighted by molar-refractivity contribution is -0.122. The first kappa shape index (κ1) is 15.8. The fourth-order valence-electron chi connectivity index (χ4n) is 1.77. The first-order chi connectivity index (χ1) is 10.1. The molecule has 0 aliphatic rings. The quantitative estimate of drug-likeness (QED) is 0.765. The average molecular weight is 399 g/mol. The average Bonchev–Trinajstić information content (AvgIpc) is 2.48. The van der Waals surface area contributed by atoms with E-state index in [4.69, 9.17) is 4.74 Å². The number of carbonyl (C=O) groups is 1. The van der Waals surface area contributed by atoms with Gasteiger partial charge in [0.2, 0.25) is 0 Å². The highest BCUT2D eigenvalue weighted by Crippen LogP contribution is 2.19. The molecule has 2 aromatic rings.